The van der Waals surface area contributed by atoms with Crippen LogP contribution in [-0.4, -0.2) is 57.6 Å². The Labute approximate surface area is 232 Å². The molecule has 1 aliphatic heterocycles. The number of nitrogens with one attached hydrogen (secondary N) is 1. The van der Waals surface area contributed by atoms with E-state index in [1.165, 1.54) is 17.8 Å². The molecule has 0 spiro atoms. The molecular formula is C31H31N5O4. The molecule has 0 saturated carbocycles. The fraction of sp³-hybridized carbons (Fsp3) is 0.226. The second kappa shape index (κ2) is 11.4. The lowest BCUT2D eigenvalue weighted by atomic mass is 10.1. The minimum atomic E-state index is -0.398. The molecule has 9 heteroatoms. The number of hydrogen-bond acceptors (Lipinski definition) is 6. The Balaban J connectivity index is 1.47. The third-order valence-corrected chi connectivity index (χ3v) is 6.76. The van der Waals surface area contributed by atoms with Gasteiger partial charge in [-0.25, -0.2) is 0 Å². The van der Waals surface area contributed by atoms with E-state index in [1.807, 2.05) is 50.2 Å². The number of benzene rings is 3. The van der Waals surface area contributed by atoms with Gasteiger partial charge in [-0.1, -0.05) is 30.3 Å². The summed E-state index contributed by atoms with van der Waals surface area (Å²) in [5.41, 5.74) is 3.51. The van der Waals surface area contributed by atoms with Crippen LogP contribution in [0.25, 0.3) is 5.69 Å². The van der Waals surface area contributed by atoms with Crippen LogP contribution in [0.1, 0.15) is 28.4 Å². The highest BCUT2D eigenvalue weighted by Crippen LogP contribution is 2.30. The number of nitrogens with zero attached hydrogens (tertiary/aromatic N) is 4. The maximum atomic E-state index is 13.7. The number of carbonyl (C=O) groups excluding carboxylic acids is 2. The molecule has 2 amide bonds. The third kappa shape index (κ3) is 5.88. The van der Waals surface area contributed by atoms with Crippen LogP contribution in [0.5, 0.6) is 11.5 Å². The number of hydrogen-bond donors (Lipinski definition) is 1. The predicted molar refractivity (Wildman–Crippen MR) is 154 cm³/mol. The summed E-state index contributed by atoms with van der Waals surface area (Å²) in [5, 5.41) is 7.57. The molecule has 2 heterocycles. The average molecular weight is 538 g/mol. The van der Waals surface area contributed by atoms with Crippen molar-refractivity contribution in [3.05, 3.63) is 106 Å². The zero-order valence-corrected chi connectivity index (χ0v) is 22.8. The molecule has 1 fully saturated rings. The van der Waals surface area contributed by atoms with Crippen LogP contribution in [0.15, 0.2) is 83.8 Å². The van der Waals surface area contributed by atoms with Crippen LogP contribution in [0, 0.1) is 13.8 Å². The van der Waals surface area contributed by atoms with E-state index in [2.05, 4.69) is 10.4 Å². The Morgan fingerprint density at radius 3 is 2.20 bits per heavy atom. The van der Waals surface area contributed by atoms with Crippen molar-refractivity contribution in [1.29, 1.82) is 0 Å². The van der Waals surface area contributed by atoms with Gasteiger partial charge < -0.3 is 19.9 Å². The molecule has 0 radical (unpaired) electrons. The molecule has 204 valence electrons. The van der Waals surface area contributed by atoms with Crippen LogP contribution in [0.4, 0.5) is 11.4 Å². The van der Waals surface area contributed by atoms with E-state index in [4.69, 9.17) is 4.74 Å². The van der Waals surface area contributed by atoms with Crippen LogP contribution in [0.3, 0.4) is 0 Å². The molecule has 1 aromatic heterocycles. The standard InChI is InChI=1S/C31H31N5O4/c1-21-16-22(2)18-27(17-21)40-28-20-32-36(26-10-5-4-6-11-26)31(39)29(28)33-25-9-7-8-24(19-25)30(38)35-14-12-34(13-15-35)23(3)37/h4-11,16-20,33H,12-15H2,1-3H3. The maximum absolute atomic E-state index is 13.7. The molecule has 40 heavy (non-hydrogen) atoms. The zero-order valence-electron chi connectivity index (χ0n) is 22.8. The van der Waals surface area contributed by atoms with E-state index in [9.17, 15) is 14.4 Å². The fourth-order valence-corrected chi connectivity index (χ4v) is 4.78. The normalized spacial score (nSPS) is 13.2. The molecule has 0 atom stereocenters. The number of rotatable bonds is 6. The second-order valence-corrected chi connectivity index (χ2v) is 9.87. The van der Waals surface area contributed by atoms with E-state index in [-0.39, 0.29) is 23.3 Å². The van der Waals surface area contributed by atoms with Gasteiger partial charge in [-0.2, -0.15) is 9.78 Å². The van der Waals surface area contributed by atoms with Crippen molar-refractivity contribution >= 4 is 23.2 Å². The number of anilines is 2. The lowest BCUT2D eigenvalue weighted by Gasteiger charge is -2.34. The summed E-state index contributed by atoms with van der Waals surface area (Å²) in [6.45, 7) is 7.45. The van der Waals surface area contributed by atoms with Crippen molar-refractivity contribution < 1.29 is 14.3 Å². The Kier molecular flexibility index (Phi) is 7.63. The predicted octanol–water partition coefficient (Wildman–Crippen LogP) is 4.69. The molecule has 1 saturated heterocycles. The molecule has 0 unspecified atom stereocenters. The summed E-state index contributed by atoms with van der Waals surface area (Å²) in [4.78, 5) is 42.1. The Morgan fingerprint density at radius 2 is 1.52 bits per heavy atom. The average Bonchev–Trinajstić information content (AvgIpc) is 2.95. The molecule has 4 aromatic rings. The first-order valence-electron chi connectivity index (χ1n) is 13.1. The van der Waals surface area contributed by atoms with Gasteiger partial charge in [0.15, 0.2) is 11.4 Å². The molecule has 0 aliphatic carbocycles. The summed E-state index contributed by atoms with van der Waals surface area (Å²) in [7, 11) is 0. The van der Waals surface area contributed by atoms with Crippen LogP contribution in [0.2, 0.25) is 0 Å². The fourth-order valence-electron chi connectivity index (χ4n) is 4.78. The highest BCUT2D eigenvalue weighted by Gasteiger charge is 2.24. The van der Waals surface area contributed by atoms with E-state index in [0.717, 1.165) is 11.1 Å². The number of piperazine rings is 1. The summed E-state index contributed by atoms with van der Waals surface area (Å²) in [6.07, 6.45) is 1.51. The van der Waals surface area contributed by atoms with Gasteiger partial charge in [0.2, 0.25) is 5.91 Å². The number of amides is 2. The monoisotopic (exact) mass is 537 g/mol. The quantitative estimate of drug-likeness (QED) is 0.383. The van der Waals surface area contributed by atoms with Gasteiger partial charge in [0.1, 0.15) is 5.75 Å². The molecule has 0 bridgehead atoms. The van der Waals surface area contributed by atoms with Gasteiger partial charge in [-0.05, 0) is 67.4 Å². The second-order valence-electron chi connectivity index (χ2n) is 9.87. The van der Waals surface area contributed by atoms with Gasteiger partial charge in [0.05, 0.1) is 11.9 Å². The van der Waals surface area contributed by atoms with Crippen molar-refractivity contribution in [3.8, 4) is 17.2 Å². The third-order valence-electron chi connectivity index (χ3n) is 6.76. The van der Waals surface area contributed by atoms with E-state index in [1.54, 1.807) is 46.2 Å². The first kappa shape index (κ1) is 26.7. The largest absolute Gasteiger partial charge is 0.453 e. The number of carbonyl (C=O) groups is 2. The number of aryl methyl sites for hydroxylation is 2. The Hall–Kier alpha value is -4.92. The van der Waals surface area contributed by atoms with Gasteiger partial charge in [0.25, 0.3) is 11.5 Å². The minimum Gasteiger partial charge on any atom is -0.453 e. The smallest absolute Gasteiger partial charge is 0.299 e. The summed E-state index contributed by atoms with van der Waals surface area (Å²) >= 11 is 0. The highest BCUT2D eigenvalue weighted by molar-refractivity contribution is 5.95. The SMILES string of the molecule is CC(=O)N1CCN(C(=O)c2cccc(Nc3c(Oc4cc(C)cc(C)c4)cnn(-c4ccccc4)c3=O)c2)CC1. The van der Waals surface area contributed by atoms with Crippen molar-refractivity contribution in [2.24, 2.45) is 0 Å². The molecule has 1 N–H and O–H groups in total. The van der Waals surface area contributed by atoms with Crippen LogP contribution >= 0.6 is 0 Å². The highest BCUT2D eigenvalue weighted by atomic mass is 16.5. The molecule has 1 aliphatic rings. The van der Waals surface area contributed by atoms with Gasteiger partial charge in [-0.3, -0.25) is 14.4 Å². The number of ether oxygens (including phenoxy) is 1. The lowest BCUT2D eigenvalue weighted by Crippen LogP contribution is -2.50. The van der Waals surface area contributed by atoms with Gasteiger partial charge in [-0.15, -0.1) is 0 Å². The summed E-state index contributed by atoms with van der Waals surface area (Å²) in [5.74, 6) is 0.734. The first-order valence-corrected chi connectivity index (χ1v) is 13.1. The van der Waals surface area contributed by atoms with E-state index in [0.29, 0.717) is 48.9 Å². The number of aromatic nitrogens is 2. The summed E-state index contributed by atoms with van der Waals surface area (Å²) in [6, 6.07) is 22.0. The van der Waals surface area contributed by atoms with Crippen molar-refractivity contribution in [2.75, 3.05) is 31.5 Å². The van der Waals surface area contributed by atoms with Crippen LogP contribution in [-0.2, 0) is 4.79 Å². The van der Waals surface area contributed by atoms with Crippen molar-refractivity contribution in [1.82, 2.24) is 19.6 Å². The summed E-state index contributed by atoms with van der Waals surface area (Å²) < 4.78 is 7.48. The van der Waals surface area contributed by atoms with Crippen LogP contribution < -0.4 is 15.6 Å². The maximum Gasteiger partial charge on any atom is 0.299 e. The minimum absolute atomic E-state index is 0.00986. The molecular weight excluding hydrogens is 506 g/mol. The Bertz CT molecular complexity index is 1590. The topological polar surface area (TPSA) is 96.8 Å². The Morgan fingerprint density at radius 1 is 0.850 bits per heavy atom. The van der Waals surface area contributed by atoms with Gasteiger partial charge >= 0.3 is 0 Å². The van der Waals surface area contributed by atoms with E-state index < -0.39 is 5.56 Å². The number of para-hydroxylation sites is 1. The molecule has 9 nitrogen and oxygen atoms in total. The van der Waals surface area contributed by atoms with Crippen molar-refractivity contribution in [2.45, 2.75) is 20.8 Å². The van der Waals surface area contributed by atoms with Crippen molar-refractivity contribution in [3.63, 3.8) is 0 Å². The zero-order chi connectivity index (χ0) is 28.2. The van der Waals surface area contributed by atoms with E-state index >= 15 is 0 Å². The lowest BCUT2D eigenvalue weighted by molar-refractivity contribution is -0.130. The molecule has 5 rings (SSSR count). The first-order chi connectivity index (χ1) is 19.3. The molecule has 3 aromatic carbocycles. The van der Waals surface area contributed by atoms with Gasteiger partial charge in [0, 0.05) is 44.4 Å².